The Morgan fingerprint density at radius 3 is 2.36 bits per heavy atom. The molecule has 122 valence electrons. The zero-order chi connectivity index (χ0) is 15.6. The smallest absolute Gasteiger partial charge is 0.203 e. The zero-order valence-electron chi connectivity index (χ0n) is 13.5. The Balaban J connectivity index is 1.75. The van der Waals surface area contributed by atoms with Gasteiger partial charge in [0.1, 0.15) is 0 Å². The van der Waals surface area contributed by atoms with E-state index in [-0.39, 0.29) is 11.9 Å². The molecule has 2 fully saturated rings. The van der Waals surface area contributed by atoms with Crippen LogP contribution >= 0.6 is 0 Å². The van der Waals surface area contributed by atoms with Gasteiger partial charge >= 0.3 is 0 Å². The first kappa shape index (κ1) is 15.4. The number of hydrogen-bond acceptors (Lipinski definition) is 5. The molecule has 1 aromatic carbocycles. The minimum absolute atomic E-state index is 0.181. The molecule has 0 bridgehead atoms. The van der Waals surface area contributed by atoms with Crippen LogP contribution in [-0.2, 0) is 15.9 Å². The first-order valence-electron chi connectivity index (χ1n) is 7.80. The third-order valence-electron chi connectivity index (χ3n) is 4.48. The van der Waals surface area contributed by atoms with Gasteiger partial charge < -0.3 is 23.7 Å². The third-order valence-corrected chi connectivity index (χ3v) is 4.48. The Bertz CT molecular complexity index is 497. The van der Waals surface area contributed by atoms with Crippen LogP contribution in [0.5, 0.6) is 17.2 Å². The van der Waals surface area contributed by atoms with Gasteiger partial charge in [-0.05, 0) is 37.0 Å². The predicted octanol–water partition coefficient (Wildman–Crippen LogP) is 2.94. The Hall–Kier alpha value is -1.46. The number of methoxy groups -OCH3 is 3. The van der Waals surface area contributed by atoms with Crippen molar-refractivity contribution in [3.05, 3.63) is 17.7 Å². The lowest BCUT2D eigenvalue weighted by molar-refractivity contribution is -0.198. The third kappa shape index (κ3) is 2.88. The van der Waals surface area contributed by atoms with Crippen LogP contribution in [0.2, 0.25) is 0 Å². The Morgan fingerprint density at radius 1 is 1.09 bits per heavy atom. The average molecular weight is 308 g/mol. The van der Waals surface area contributed by atoms with Crippen molar-refractivity contribution in [3.63, 3.8) is 0 Å². The highest BCUT2D eigenvalue weighted by Gasteiger charge is 2.43. The molecular formula is C17H24O5. The molecule has 3 rings (SSSR count). The summed E-state index contributed by atoms with van der Waals surface area (Å²) in [7, 11) is 4.88. The van der Waals surface area contributed by atoms with Crippen LogP contribution in [0.25, 0.3) is 0 Å². The second kappa shape index (κ2) is 6.34. The molecule has 1 spiro atoms. The van der Waals surface area contributed by atoms with E-state index >= 15 is 0 Å². The first-order chi connectivity index (χ1) is 10.7. The van der Waals surface area contributed by atoms with Gasteiger partial charge in [0.25, 0.3) is 0 Å². The summed E-state index contributed by atoms with van der Waals surface area (Å²) in [5.74, 6) is 1.67. The molecule has 2 heterocycles. The van der Waals surface area contributed by atoms with E-state index in [0.717, 1.165) is 44.3 Å². The lowest BCUT2D eigenvalue weighted by atomic mass is 10.0. The van der Waals surface area contributed by atoms with Gasteiger partial charge in [-0.15, -0.1) is 0 Å². The molecule has 0 amide bonds. The quantitative estimate of drug-likeness (QED) is 0.837. The molecule has 2 unspecified atom stereocenters. The molecule has 0 aromatic heterocycles. The monoisotopic (exact) mass is 308 g/mol. The summed E-state index contributed by atoms with van der Waals surface area (Å²) < 4.78 is 28.2. The van der Waals surface area contributed by atoms with Crippen molar-refractivity contribution >= 4 is 0 Å². The minimum atomic E-state index is -0.314. The molecular weight excluding hydrogens is 284 g/mol. The van der Waals surface area contributed by atoms with Crippen LogP contribution in [0.4, 0.5) is 0 Å². The molecule has 22 heavy (non-hydrogen) atoms. The van der Waals surface area contributed by atoms with Gasteiger partial charge in [0.2, 0.25) is 5.75 Å². The maximum Gasteiger partial charge on any atom is 0.203 e. The van der Waals surface area contributed by atoms with E-state index in [9.17, 15) is 0 Å². The second-order valence-corrected chi connectivity index (χ2v) is 5.88. The first-order valence-corrected chi connectivity index (χ1v) is 7.80. The van der Waals surface area contributed by atoms with Crippen molar-refractivity contribution in [1.29, 1.82) is 0 Å². The fourth-order valence-electron chi connectivity index (χ4n) is 3.42. The summed E-state index contributed by atoms with van der Waals surface area (Å²) in [6, 6.07) is 3.98. The van der Waals surface area contributed by atoms with E-state index in [0.29, 0.717) is 17.2 Å². The van der Waals surface area contributed by atoms with Gasteiger partial charge in [0, 0.05) is 12.8 Å². The number of hydrogen-bond donors (Lipinski definition) is 0. The summed E-state index contributed by atoms with van der Waals surface area (Å²) in [4.78, 5) is 0. The standard InChI is InChI=1S/C17H24O5/c1-18-14-10-12(11-15(19-2)16(14)20-3)9-13-5-7-17(22-13)6-4-8-21-17/h10-11,13H,4-9H2,1-3H3. The van der Waals surface area contributed by atoms with Crippen molar-refractivity contribution in [3.8, 4) is 17.2 Å². The lowest BCUT2D eigenvalue weighted by Gasteiger charge is -2.23. The number of benzene rings is 1. The molecule has 0 saturated carbocycles. The summed E-state index contributed by atoms with van der Waals surface area (Å²) in [5, 5.41) is 0. The normalized spacial score (nSPS) is 27.3. The van der Waals surface area contributed by atoms with Crippen molar-refractivity contribution < 1.29 is 23.7 Å². The summed E-state index contributed by atoms with van der Waals surface area (Å²) in [6.45, 7) is 0.816. The maximum absolute atomic E-state index is 6.18. The minimum Gasteiger partial charge on any atom is -0.493 e. The van der Waals surface area contributed by atoms with Gasteiger partial charge in [-0.3, -0.25) is 0 Å². The molecule has 1 aromatic rings. The van der Waals surface area contributed by atoms with Gasteiger partial charge in [-0.2, -0.15) is 0 Å². The Labute approximate surface area is 131 Å². The van der Waals surface area contributed by atoms with Crippen molar-refractivity contribution in [2.24, 2.45) is 0 Å². The Kier molecular flexibility index (Phi) is 4.45. The van der Waals surface area contributed by atoms with E-state index in [1.165, 1.54) is 0 Å². The summed E-state index contributed by atoms with van der Waals surface area (Å²) in [5.41, 5.74) is 1.12. The highest BCUT2D eigenvalue weighted by molar-refractivity contribution is 5.53. The van der Waals surface area contributed by atoms with E-state index in [4.69, 9.17) is 23.7 Å². The molecule has 2 aliphatic rings. The van der Waals surface area contributed by atoms with Crippen LogP contribution in [0, 0.1) is 0 Å². The Morgan fingerprint density at radius 2 is 1.82 bits per heavy atom. The van der Waals surface area contributed by atoms with E-state index < -0.39 is 0 Å². The number of ether oxygens (including phenoxy) is 5. The SMILES string of the molecule is COc1cc(CC2CCC3(CCCO3)O2)cc(OC)c1OC. The van der Waals surface area contributed by atoms with Crippen LogP contribution in [0.1, 0.15) is 31.2 Å². The average Bonchev–Trinajstić information content (AvgIpc) is 3.16. The largest absolute Gasteiger partial charge is 0.493 e. The van der Waals surface area contributed by atoms with Gasteiger partial charge in [0.15, 0.2) is 17.3 Å². The van der Waals surface area contributed by atoms with Crippen molar-refractivity contribution in [2.75, 3.05) is 27.9 Å². The van der Waals surface area contributed by atoms with Gasteiger partial charge in [-0.25, -0.2) is 0 Å². The topological polar surface area (TPSA) is 46.2 Å². The number of rotatable bonds is 5. The predicted molar refractivity (Wildman–Crippen MR) is 81.8 cm³/mol. The molecule has 2 atom stereocenters. The van der Waals surface area contributed by atoms with E-state index in [1.807, 2.05) is 12.1 Å². The molecule has 5 nitrogen and oxygen atoms in total. The van der Waals surface area contributed by atoms with Crippen molar-refractivity contribution in [2.45, 2.75) is 44.0 Å². The molecule has 2 aliphatic heterocycles. The highest BCUT2D eigenvalue weighted by atomic mass is 16.7. The van der Waals surface area contributed by atoms with Crippen LogP contribution in [0.3, 0.4) is 0 Å². The molecule has 0 aliphatic carbocycles. The van der Waals surface area contributed by atoms with E-state index in [2.05, 4.69) is 0 Å². The van der Waals surface area contributed by atoms with Crippen molar-refractivity contribution in [1.82, 2.24) is 0 Å². The van der Waals surface area contributed by atoms with E-state index in [1.54, 1.807) is 21.3 Å². The summed E-state index contributed by atoms with van der Waals surface area (Å²) in [6.07, 6.45) is 5.12. The van der Waals surface area contributed by atoms with Gasteiger partial charge in [0.05, 0.1) is 34.0 Å². The van der Waals surface area contributed by atoms with Crippen LogP contribution < -0.4 is 14.2 Å². The maximum atomic E-state index is 6.18. The van der Waals surface area contributed by atoms with Crippen LogP contribution in [-0.4, -0.2) is 39.8 Å². The zero-order valence-corrected chi connectivity index (χ0v) is 13.5. The molecule has 5 heteroatoms. The lowest BCUT2D eigenvalue weighted by Crippen LogP contribution is -2.28. The highest BCUT2D eigenvalue weighted by Crippen LogP contribution is 2.42. The van der Waals surface area contributed by atoms with Gasteiger partial charge in [-0.1, -0.05) is 0 Å². The molecule has 2 saturated heterocycles. The summed E-state index contributed by atoms with van der Waals surface area (Å²) >= 11 is 0. The second-order valence-electron chi connectivity index (χ2n) is 5.88. The fraction of sp³-hybridized carbons (Fsp3) is 0.647. The fourth-order valence-corrected chi connectivity index (χ4v) is 3.42. The molecule has 0 N–H and O–H groups in total. The molecule has 0 radical (unpaired) electrons. The van der Waals surface area contributed by atoms with Crippen LogP contribution in [0.15, 0.2) is 12.1 Å².